The Balaban J connectivity index is 1.79. The van der Waals surface area contributed by atoms with Crippen molar-refractivity contribution in [2.24, 2.45) is 0 Å². The topological polar surface area (TPSA) is 15.3 Å². The summed E-state index contributed by atoms with van der Waals surface area (Å²) >= 11 is 6.17. The molecule has 0 atom stereocenters. The Morgan fingerprint density at radius 1 is 0.955 bits per heavy atom. The maximum absolute atomic E-state index is 6.17. The van der Waals surface area contributed by atoms with Crippen LogP contribution in [0.5, 0.6) is 0 Å². The van der Waals surface area contributed by atoms with Gasteiger partial charge in [0.15, 0.2) is 0 Å². The zero-order chi connectivity index (χ0) is 15.8. The molecule has 2 aromatic carbocycles. The normalized spacial score (nSPS) is 10.5. The zero-order valence-corrected chi connectivity index (χ0v) is 14.2. The van der Waals surface area contributed by atoms with Crippen LogP contribution in [-0.4, -0.2) is 19.6 Å². The SMILES string of the molecule is CCN(CC)c1ccc(NCCCc2ccccc2Cl)cc1. The van der Waals surface area contributed by atoms with Crippen molar-refractivity contribution in [1.82, 2.24) is 0 Å². The van der Waals surface area contributed by atoms with E-state index >= 15 is 0 Å². The molecule has 0 saturated heterocycles. The lowest BCUT2D eigenvalue weighted by molar-refractivity contribution is 0.860. The highest BCUT2D eigenvalue weighted by Crippen LogP contribution is 2.19. The van der Waals surface area contributed by atoms with Gasteiger partial charge in [0.05, 0.1) is 0 Å². The third-order valence-corrected chi connectivity index (χ3v) is 4.27. The molecule has 2 nitrogen and oxygen atoms in total. The standard InChI is InChI=1S/C19H25ClN2/c1-3-22(4-2)18-13-11-17(12-14-18)21-15-7-9-16-8-5-6-10-19(16)20/h5-6,8,10-14,21H,3-4,7,9,15H2,1-2H3. The lowest BCUT2D eigenvalue weighted by Crippen LogP contribution is -2.21. The fraction of sp³-hybridized carbons (Fsp3) is 0.368. The largest absolute Gasteiger partial charge is 0.385 e. The van der Waals surface area contributed by atoms with E-state index in [2.05, 4.69) is 54.4 Å². The van der Waals surface area contributed by atoms with Crippen molar-refractivity contribution in [2.45, 2.75) is 26.7 Å². The van der Waals surface area contributed by atoms with E-state index < -0.39 is 0 Å². The summed E-state index contributed by atoms with van der Waals surface area (Å²) in [5.41, 5.74) is 3.68. The maximum Gasteiger partial charge on any atom is 0.0437 e. The summed E-state index contributed by atoms with van der Waals surface area (Å²) in [6, 6.07) is 16.7. The first-order chi connectivity index (χ1) is 10.7. The molecule has 2 aromatic rings. The molecule has 22 heavy (non-hydrogen) atoms. The number of benzene rings is 2. The molecule has 2 rings (SSSR count). The lowest BCUT2D eigenvalue weighted by Gasteiger charge is -2.21. The minimum Gasteiger partial charge on any atom is -0.385 e. The fourth-order valence-corrected chi connectivity index (χ4v) is 2.82. The van der Waals surface area contributed by atoms with Crippen LogP contribution in [0.15, 0.2) is 48.5 Å². The molecule has 0 amide bonds. The number of aryl methyl sites for hydroxylation is 1. The molecule has 0 spiro atoms. The molecule has 3 heteroatoms. The van der Waals surface area contributed by atoms with E-state index in [4.69, 9.17) is 11.6 Å². The second kappa shape index (κ2) is 8.70. The molecule has 0 heterocycles. The van der Waals surface area contributed by atoms with Crippen LogP contribution >= 0.6 is 11.6 Å². The van der Waals surface area contributed by atoms with Crippen LogP contribution in [0.25, 0.3) is 0 Å². The Morgan fingerprint density at radius 3 is 2.27 bits per heavy atom. The Kier molecular flexibility index (Phi) is 6.60. The molecule has 0 bridgehead atoms. The Bertz CT molecular complexity index is 562. The van der Waals surface area contributed by atoms with Gasteiger partial charge in [0.25, 0.3) is 0 Å². The third-order valence-electron chi connectivity index (χ3n) is 3.91. The summed E-state index contributed by atoms with van der Waals surface area (Å²) in [6.07, 6.45) is 2.08. The van der Waals surface area contributed by atoms with Crippen LogP contribution in [0.4, 0.5) is 11.4 Å². The van der Waals surface area contributed by atoms with Crippen molar-refractivity contribution in [3.8, 4) is 0 Å². The second-order valence-corrected chi connectivity index (χ2v) is 5.75. The molecule has 0 radical (unpaired) electrons. The monoisotopic (exact) mass is 316 g/mol. The van der Waals surface area contributed by atoms with Crippen LogP contribution in [0.1, 0.15) is 25.8 Å². The highest BCUT2D eigenvalue weighted by molar-refractivity contribution is 6.31. The van der Waals surface area contributed by atoms with E-state index in [1.165, 1.54) is 16.9 Å². The van der Waals surface area contributed by atoms with Crippen LogP contribution in [-0.2, 0) is 6.42 Å². The number of rotatable bonds is 8. The highest BCUT2D eigenvalue weighted by Gasteiger charge is 2.02. The van der Waals surface area contributed by atoms with Crippen LogP contribution in [0.2, 0.25) is 5.02 Å². The van der Waals surface area contributed by atoms with Crippen LogP contribution in [0.3, 0.4) is 0 Å². The predicted molar refractivity (Wildman–Crippen MR) is 98.3 cm³/mol. The summed E-state index contributed by atoms with van der Waals surface area (Å²) in [7, 11) is 0. The smallest absolute Gasteiger partial charge is 0.0437 e. The van der Waals surface area contributed by atoms with Gasteiger partial charge in [0.2, 0.25) is 0 Å². The predicted octanol–water partition coefficient (Wildman–Crippen LogP) is 5.23. The van der Waals surface area contributed by atoms with E-state index in [-0.39, 0.29) is 0 Å². The third kappa shape index (κ3) is 4.67. The average Bonchev–Trinajstić information content (AvgIpc) is 2.55. The van der Waals surface area contributed by atoms with E-state index in [0.717, 1.165) is 37.5 Å². The number of hydrogen-bond acceptors (Lipinski definition) is 2. The molecule has 0 unspecified atom stereocenters. The molecular weight excluding hydrogens is 292 g/mol. The van der Waals surface area contributed by atoms with Crippen molar-refractivity contribution in [3.05, 3.63) is 59.1 Å². The molecule has 1 N–H and O–H groups in total. The van der Waals surface area contributed by atoms with Crippen LogP contribution in [0, 0.1) is 0 Å². The van der Waals surface area contributed by atoms with Gasteiger partial charge in [0.1, 0.15) is 0 Å². The number of anilines is 2. The highest BCUT2D eigenvalue weighted by atomic mass is 35.5. The molecule has 118 valence electrons. The summed E-state index contributed by atoms with van der Waals surface area (Å²) in [5, 5.41) is 4.34. The quantitative estimate of drug-likeness (QED) is 0.671. The van der Waals surface area contributed by atoms with Gasteiger partial charge in [-0.15, -0.1) is 0 Å². The van der Waals surface area contributed by atoms with E-state index in [0.29, 0.717) is 0 Å². The molecule has 0 aromatic heterocycles. The Morgan fingerprint density at radius 2 is 1.64 bits per heavy atom. The number of nitrogens with one attached hydrogen (secondary N) is 1. The molecular formula is C19H25ClN2. The van der Waals surface area contributed by atoms with Crippen molar-refractivity contribution in [3.63, 3.8) is 0 Å². The molecule has 0 fully saturated rings. The van der Waals surface area contributed by atoms with Gasteiger partial charge in [-0.3, -0.25) is 0 Å². The van der Waals surface area contributed by atoms with Gasteiger partial charge < -0.3 is 10.2 Å². The lowest BCUT2D eigenvalue weighted by atomic mass is 10.1. The average molecular weight is 317 g/mol. The van der Waals surface area contributed by atoms with Gasteiger partial charge in [-0.05, 0) is 62.6 Å². The van der Waals surface area contributed by atoms with E-state index in [1.54, 1.807) is 0 Å². The first-order valence-electron chi connectivity index (χ1n) is 8.07. The zero-order valence-electron chi connectivity index (χ0n) is 13.5. The van der Waals surface area contributed by atoms with Crippen molar-refractivity contribution >= 4 is 23.0 Å². The second-order valence-electron chi connectivity index (χ2n) is 5.34. The minimum absolute atomic E-state index is 0.867. The molecule has 0 aliphatic heterocycles. The molecule has 0 aliphatic rings. The number of hydrogen-bond donors (Lipinski definition) is 1. The Labute approximate surface area is 139 Å². The number of nitrogens with zero attached hydrogens (tertiary/aromatic N) is 1. The van der Waals surface area contributed by atoms with Crippen molar-refractivity contribution in [2.75, 3.05) is 29.9 Å². The summed E-state index contributed by atoms with van der Waals surface area (Å²) in [6.45, 7) is 7.41. The molecule has 0 aliphatic carbocycles. The van der Waals surface area contributed by atoms with Gasteiger partial charge in [0, 0.05) is 36.0 Å². The van der Waals surface area contributed by atoms with Gasteiger partial charge in [-0.2, -0.15) is 0 Å². The molecule has 0 saturated carbocycles. The van der Waals surface area contributed by atoms with Gasteiger partial charge in [-0.1, -0.05) is 29.8 Å². The maximum atomic E-state index is 6.17. The van der Waals surface area contributed by atoms with Gasteiger partial charge in [-0.25, -0.2) is 0 Å². The minimum atomic E-state index is 0.867. The summed E-state index contributed by atoms with van der Waals surface area (Å²) in [4.78, 5) is 2.35. The van der Waals surface area contributed by atoms with Crippen LogP contribution < -0.4 is 10.2 Å². The van der Waals surface area contributed by atoms with E-state index in [1.807, 2.05) is 18.2 Å². The fourth-order valence-electron chi connectivity index (χ4n) is 2.59. The van der Waals surface area contributed by atoms with Crippen molar-refractivity contribution in [1.29, 1.82) is 0 Å². The van der Waals surface area contributed by atoms with Gasteiger partial charge >= 0.3 is 0 Å². The van der Waals surface area contributed by atoms with E-state index in [9.17, 15) is 0 Å². The summed E-state index contributed by atoms with van der Waals surface area (Å²) in [5.74, 6) is 0. The first-order valence-corrected chi connectivity index (χ1v) is 8.44. The first kappa shape index (κ1) is 16.7. The number of halogens is 1. The Hall–Kier alpha value is -1.67. The van der Waals surface area contributed by atoms with Crippen molar-refractivity contribution < 1.29 is 0 Å². The summed E-state index contributed by atoms with van der Waals surface area (Å²) < 4.78 is 0.